The van der Waals surface area contributed by atoms with Crippen LogP contribution in [0.5, 0.6) is 0 Å². The van der Waals surface area contributed by atoms with Crippen LogP contribution in [0.3, 0.4) is 0 Å². The number of carbonyl (C=O) groups excluding carboxylic acids is 3. The number of amides is 2. The summed E-state index contributed by atoms with van der Waals surface area (Å²) in [6.45, 7) is 1.70. The molecule has 1 N–H and O–H groups in total. The van der Waals surface area contributed by atoms with Crippen LogP contribution in [-0.2, 0) is 14.3 Å². The van der Waals surface area contributed by atoms with Crippen LogP contribution in [-0.4, -0.2) is 40.6 Å². The Balaban J connectivity index is 1.85. The van der Waals surface area contributed by atoms with E-state index in [1.807, 2.05) is 0 Å². The van der Waals surface area contributed by atoms with E-state index in [0.29, 0.717) is 5.56 Å². The van der Waals surface area contributed by atoms with Crippen LogP contribution in [0.2, 0.25) is 0 Å². The molecule has 1 saturated heterocycles. The number of nitro groups is 1. The standard InChI is InChI=1S/C19H17N3O7/c1-2-28-18(24)15-16(12-6-4-3-5-7-12)29-19(25)21(15)20-17(23)13-8-10-14(11-9-13)22(26)27/h3-11,15-16H,2H2,1H3,(H,20,23)/t15-,16+/m0/s1. The lowest BCUT2D eigenvalue weighted by molar-refractivity contribution is -0.384. The van der Waals surface area contributed by atoms with Crippen LogP contribution in [0, 0.1) is 10.1 Å². The summed E-state index contributed by atoms with van der Waals surface area (Å²) in [4.78, 5) is 47.5. The van der Waals surface area contributed by atoms with E-state index in [2.05, 4.69) is 5.43 Å². The molecule has 2 atom stereocenters. The molecule has 2 aromatic carbocycles. The van der Waals surface area contributed by atoms with Gasteiger partial charge in [0.25, 0.3) is 11.6 Å². The molecule has 1 heterocycles. The minimum atomic E-state index is -1.23. The Morgan fingerprint density at radius 3 is 2.41 bits per heavy atom. The summed E-state index contributed by atoms with van der Waals surface area (Å²) in [5.74, 6) is -1.48. The van der Waals surface area contributed by atoms with Gasteiger partial charge < -0.3 is 9.47 Å². The van der Waals surface area contributed by atoms with Crippen molar-refractivity contribution in [1.29, 1.82) is 0 Å². The lowest BCUT2D eigenvalue weighted by atomic mass is 10.0. The second kappa shape index (κ2) is 8.38. The van der Waals surface area contributed by atoms with Crippen LogP contribution < -0.4 is 5.43 Å². The first-order valence-electron chi connectivity index (χ1n) is 8.69. The molecular weight excluding hydrogens is 382 g/mol. The van der Waals surface area contributed by atoms with Crippen molar-refractivity contribution in [2.75, 3.05) is 6.61 Å². The highest BCUT2D eigenvalue weighted by Crippen LogP contribution is 2.32. The molecule has 3 rings (SSSR count). The molecule has 0 aromatic heterocycles. The number of esters is 1. The molecule has 2 aromatic rings. The van der Waals surface area contributed by atoms with Crippen molar-refractivity contribution in [2.24, 2.45) is 0 Å². The summed E-state index contributed by atoms with van der Waals surface area (Å²) < 4.78 is 10.4. The van der Waals surface area contributed by atoms with Gasteiger partial charge in [-0.3, -0.25) is 20.3 Å². The molecule has 0 saturated carbocycles. The van der Waals surface area contributed by atoms with E-state index in [1.165, 1.54) is 12.1 Å². The first-order chi connectivity index (χ1) is 13.9. The topological polar surface area (TPSA) is 128 Å². The predicted octanol–water partition coefficient (Wildman–Crippen LogP) is 2.36. The largest absolute Gasteiger partial charge is 0.464 e. The smallest absolute Gasteiger partial charge is 0.430 e. The molecule has 0 spiro atoms. The van der Waals surface area contributed by atoms with Crippen molar-refractivity contribution >= 4 is 23.7 Å². The molecule has 1 fully saturated rings. The number of nitro benzene ring substituents is 1. The third-order valence-corrected chi connectivity index (χ3v) is 4.21. The number of hydrogen-bond donors (Lipinski definition) is 1. The third kappa shape index (κ3) is 4.15. The van der Waals surface area contributed by atoms with Crippen molar-refractivity contribution in [2.45, 2.75) is 19.1 Å². The SMILES string of the molecule is CCOC(=O)[C@@H]1[C@@H](c2ccccc2)OC(=O)N1NC(=O)c1ccc([N+](=O)[O-])cc1. The highest BCUT2D eigenvalue weighted by molar-refractivity contribution is 5.96. The second-order valence-corrected chi connectivity index (χ2v) is 6.03. The quantitative estimate of drug-likeness (QED) is 0.448. The Kier molecular flexibility index (Phi) is 5.72. The first kappa shape index (κ1) is 19.8. The summed E-state index contributed by atoms with van der Waals surface area (Å²) >= 11 is 0. The second-order valence-electron chi connectivity index (χ2n) is 6.03. The summed E-state index contributed by atoms with van der Waals surface area (Å²) in [5, 5.41) is 11.5. The Bertz CT molecular complexity index is 931. The van der Waals surface area contributed by atoms with E-state index < -0.39 is 35.0 Å². The Morgan fingerprint density at radius 2 is 1.83 bits per heavy atom. The van der Waals surface area contributed by atoms with Gasteiger partial charge in [-0.05, 0) is 24.6 Å². The minimum absolute atomic E-state index is 0.0640. The fourth-order valence-electron chi connectivity index (χ4n) is 2.85. The predicted molar refractivity (Wildman–Crippen MR) is 98.5 cm³/mol. The molecule has 1 aliphatic heterocycles. The van der Waals surface area contributed by atoms with E-state index in [-0.39, 0.29) is 17.9 Å². The lowest BCUT2D eigenvalue weighted by Gasteiger charge is -2.23. The van der Waals surface area contributed by atoms with E-state index in [9.17, 15) is 24.5 Å². The Labute approximate surface area is 165 Å². The average Bonchev–Trinajstić information content (AvgIpc) is 3.05. The number of nitrogens with one attached hydrogen (secondary N) is 1. The Hall–Kier alpha value is -3.95. The molecule has 0 aliphatic carbocycles. The van der Waals surface area contributed by atoms with Crippen LogP contribution in [0.1, 0.15) is 28.9 Å². The first-order valence-corrected chi connectivity index (χ1v) is 8.69. The van der Waals surface area contributed by atoms with Gasteiger partial charge in [-0.1, -0.05) is 30.3 Å². The van der Waals surface area contributed by atoms with Crippen molar-refractivity contribution in [3.05, 3.63) is 75.8 Å². The zero-order chi connectivity index (χ0) is 21.0. The number of benzene rings is 2. The van der Waals surface area contributed by atoms with E-state index in [4.69, 9.17) is 9.47 Å². The monoisotopic (exact) mass is 399 g/mol. The van der Waals surface area contributed by atoms with Crippen molar-refractivity contribution in [3.63, 3.8) is 0 Å². The van der Waals surface area contributed by atoms with Crippen LogP contribution in [0.25, 0.3) is 0 Å². The summed E-state index contributed by atoms with van der Waals surface area (Å²) in [7, 11) is 0. The molecule has 1 aliphatic rings. The van der Waals surface area contributed by atoms with Gasteiger partial charge in [0.15, 0.2) is 12.1 Å². The fourth-order valence-corrected chi connectivity index (χ4v) is 2.85. The zero-order valence-corrected chi connectivity index (χ0v) is 15.3. The van der Waals surface area contributed by atoms with E-state index >= 15 is 0 Å². The number of hydrogen-bond acceptors (Lipinski definition) is 7. The molecule has 29 heavy (non-hydrogen) atoms. The van der Waals surface area contributed by atoms with E-state index in [1.54, 1.807) is 37.3 Å². The van der Waals surface area contributed by atoms with Gasteiger partial charge in [-0.2, -0.15) is 5.01 Å². The maximum atomic E-state index is 12.5. The molecule has 10 nitrogen and oxygen atoms in total. The van der Waals surface area contributed by atoms with Gasteiger partial charge in [-0.25, -0.2) is 9.59 Å². The van der Waals surface area contributed by atoms with Crippen molar-refractivity contribution < 1.29 is 28.8 Å². The normalized spacial score (nSPS) is 18.1. The molecule has 0 bridgehead atoms. The van der Waals surface area contributed by atoms with Gasteiger partial charge in [0.1, 0.15) is 0 Å². The van der Waals surface area contributed by atoms with Gasteiger partial charge in [0.05, 0.1) is 11.5 Å². The Morgan fingerprint density at radius 1 is 1.17 bits per heavy atom. The number of rotatable bonds is 6. The number of non-ortho nitro benzene ring substituents is 1. The fraction of sp³-hybridized carbons (Fsp3) is 0.211. The van der Waals surface area contributed by atoms with E-state index in [0.717, 1.165) is 17.1 Å². The van der Waals surface area contributed by atoms with Gasteiger partial charge in [0.2, 0.25) is 0 Å². The molecular formula is C19H17N3O7. The summed E-state index contributed by atoms with van der Waals surface area (Å²) in [5.41, 5.74) is 2.77. The molecule has 10 heteroatoms. The number of cyclic esters (lactones) is 1. The highest BCUT2D eigenvalue weighted by atomic mass is 16.6. The van der Waals surface area contributed by atoms with Crippen molar-refractivity contribution in [1.82, 2.24) is 10.4 Å². The van der Waals surface area contributed by atoms with Gasteiger partial charge in [-0.15, -0.1) is 0 Å². The maximum Gasteiger partial charge on any atom is 0.430 e. The van der Waals surface area contributed by atoms with Crippen LogP contribution >= 0.6 is 0 Å². The zero-order valence-electron chi connectivity index (χ0n) is 15.3. The molecule has 150 valence electrons. The van der Waals surface area contributed by atoms with Crippen LogP contribution in [0.4, 0.5) is 10.5 Å². The minimum Gasteiger partial charge on any atom is -0.464 e. The average molecular weight is 399 g/mol. The molecule has 0 unspecified atom stereocenters. The number of nitrogens with zero attached hydrogens (tertiary/aromatic N) is 2. The third-order valence-electron chi connectivity index (χ3n) is 4.21. The van der Waals surface area contributed by atoms with Gasteiger partial charge in [0, 0.05) is 17.7 Å². The number of hydrazine groups is 1. The molecule has 0 radical (unpaired) electrons. The summed E-state index contributed by atoms with van der Waals surface area (Å²) in [6, 6.07) is 12.2. The van der Waals surface area contributed by atoms with Gasteiger partial charge >= 0.3 is 12.1 Å². The van der Waals surface area contributed by atoms with Crippen molar-refractivity contribution in [3.8, 4) is 0 Å². The number of carbonyl (C=O) groups is 3. The number of ether oxygens (including phenoxy) is 2. The highest BCUT2D eigenvalue weighted by Gasteiger charge is 2.49. The van der Waals surface area contributed by atoms with Crippen LogP contribution in [0.15, 0.2) is 54.6 Å². The lowest BCUT2D eigenvalue weighted by Crippen LogP contribution is -2.51. The summed E-state index contributed by atoms with van der Waals surface area (Å²) in [6.07, 6.45) is -1.90. The maximum absolute atomic E-state index is 12.5. The molecule has 2 amide bonds.